The molecule has 0 unspecified atom stereocenters. The number of hydrazine groups is 1. The van der Waals surface area contributed by atoms with Gasteiger partial charge in [0, 0.05) is 0 Å². The topological polar surface area (TPSA) is 46.4 Å². The Morgan fingerprint density at radius 1 is 1.36 bits per heavy atom. The van der Waals surface area contributed by atoms with Crippen molar-refractivity contribution in [2.75, 3.05) is 3.22 Å². The number of halogens is 1. The van der Waals surface area contributed by atoms with Crippen LogP contribution in [0.25, 0.3) is 0 Å². The molecular weight excluding hydrogens is 259 g/mol. The summed E-state index contributed by atoms with van der Waals surface area (Å²) in [4.78, 5) is 10.2. The molecule has 0 aliphatic carbocycles. The molecule has 11 heavy (non-hydrogen) atoms. The molecule has 0 radical (unpaired) electrons. The predicted octanol–water partition coefficient (Wildman–Crippen LogP) is 2.03. The van der Waals surface area contributed by atoms with Crippen LogP contribution < -0.4 is 3.22 Å². The summed E-state index contributed by atoms with van der Waals surface area (Å²) >= 11 is 1.63. The quantitative estimate of drug-likeness (QED) is 0.355. The second kappa shape index (κ2) is 3.51. The monoisotopic (exact) mass is 264 g/mol. The molecule has 0 N–H and O–H groups in total. The molecule has 0 aromatic heterocycles. The van der Waals surface area contributed by atoms with Gasteiger partial charge in [0.25, 0.3) is 0 Å². The van der Waals surface area contributed by atoms with Crippen molar-refractivity contribution in [1.29, 1.82) is 0 Å². The summed E-state index contributed by atoms with van der Waals surface area (Å²) in [6.07, 6.45) is 0. The molecule has 0 atom stereocenters. The number of hydrogen-bond acceptors (Lipinski definition) is 2. The maximum absolute atomic E-state index is 10.2. The molecule has 5 heteroatoms. The first-order chi connectivity index (χ1) is 5.22. The van der Waals surface area contributed by atoms with E-state index in [0.717, 1.165) is 3.22 Å². The normalized spacial score (nSPS) is 9.18. The number of para-hydroxylation sites is 1. The molecule has 1 aromatic rings. The van der Waals surface area contributed by atoms with Crippen molar-refractivity contribution in [2.45, 2.75) is 0 Å². The molecule has 0 bridgehead atoms. The lowest BCUT2D eigenvalue weighted by Crippen LogP contribution is -2.16. The van der Waals surface area contributed by atoms with Gasteiger partial charge in [0.15, 0.2) is 5.03 Å². The molecule has 0 heterocycles. The van der Waals surface area contributed by atoms with E-state index in [1.807, 2.05) is 6.07 Å². The first-order valence-electron chi connectivity index (χ1n) is 2.87. The number of nitro groups is 1. The van der Waals surface area contributed by atoms with Crippen molar-refractivity contribution < 1.29 is 5.03 Å². The van der Waals surface area contributed by atoms with E-state index in [0.29, 0.717) is 5.69 Å². The van der Waals surface area contributed by atoms with Gasteiger partial charge >= 0.3 is 0 Å². The Bertz CT molecular complexity index is 252. The second-order valence-electron chi connectivity index (χ2n) is 1.83. The fourth-order valence-corrected chi connectivity index (χ4v) is 0.967. The highest BCUT2D eigenvalue weighted by molar-refractivity contribution is 14.1. The van der Waals surface area contributed by atoms with E-state index in [-0.39, 0.29) is 0 Å². The zero-order valence-electron chi connectivity index (χ0n) is 5.48. The van der Waals surface area contributed by atoms with Crippen molar-refractivity contribution in [3.8, 4) is 0 Å². The van der Waals surface area contributed by atoms with Gasteiger partial charge < -0.3 is 0 Å². The van der Waals surface area contributed by atoms with Crippen LogP contribution in [0.15, 0.2) is 30.3 Å². The molecule has 0 fully saturated rings. The second-order valence-corrected chi connectivity index (χ2v) is 2.75. The number of rotatable bonds is 2. The third-order valence-electron chi connectivity index (χ3n) is 1.11. The van der Waals surface area contributed by atoms with Gasteiger partial charge in [0.2, 0.25) is 0 Å². The molecule has 0 amide bonds. The van der Waals surface area contributed by atoms with Crippen LogP contribution in [-0.4, -0.2) is 5.03 Å². The zero-order valence-corrected chi connectivity index (χ0v) is 7.63. The van der Waals surface area contributed by atoms with E-state index in [1.54, 1.807) is 47.1 Å². The summed E-state index contributed by atoms with van der Waals surface area (Å²) in [5.74, 6) is 0. The van der Waals surface area contributed by atoms with Crippen LogP contribution in [-0.2, 0) is 0 Å². The molecule has 1 rings (SSSR count). The van der Waals surface area contributed by atoms with Crippen LogP contribution in [0.2, 0.25) is 0 Å². The number of anilines is 1. The van der Waals surface area contributed by atoms with Gasteiger partial charge in [0.1, 0.15) is 28.6 Å². The SMILES string of the molecule is O=[N+]([O-])N(I)c1ccccc1. The fraction of sp³-hybridized carbons (Fsp3) is 0. The van der Waals surface area contributed by atoms with Crippen molar-refractivity contribution in [3.05, 3.63) is 40.4 Å². The van der Waals surface area contributed by atoms with Gasteiger partial charge in [-0.15, -0.1) is 0 Å². The van der Waals surface area contributed by atoms with Crippen LogP contribution in [0.3, 0.4) is 0 Å². The minimum Gasteiger partial charge on any atom is -0.234 e. The van der Waals surface area contributed by atoms with Gasteiger partial charge in [-0.05, 0) is 15.4 Å². The summed E-state index contributed by atoms with van der Waals surface area (Å²) in [7, 11) is 0. The maximum atomic E-state index is 10.2. The third kappa shape index (κ3) is 2.04. The van der Waals surface area contributed by atoms with Crippen LogP contribution in [0.1, 0.15) is 0 Å². The standard InChI is InChI=1S/C6H5IN2O2/c7-8(9(10)11)6-4-2-1-3-5-6/h1-5H. The molecule has 4 nitrogen and oxygen atoms in total. The summed E-state index contributed by atoms with van der Waals surface area (Å²) in [5.41, 5.74) is 0.568. The number of benzene rings is 1. The molecule has 0 spiro atoms. The minimum atomic E-state index is -0.476. The van der Waals surface area contributed by atoms with Crippen LogP contribution in [0, 0.1) is 10.1 Å². The average Bonchev–Trinajstić information content (AvgIpc) is 2.05. The summed E-state index contributed by atoms with van der Waals surface area (Å²) < 4.78 is 0.942. The molecule has 0 aliphatic heterocycles. The minimum absolute atomic E-state index is 0.476. The van der Waals surface area contributed by atoms with E-state index in [2.05, 4.69) is 0 Å². The van der Waals surface area contributed by atoms with Gasteiger partial charge in [-0.1, -0.05) is 18.2 Å². The smallest absolute Gasteiger partial charge is 0.174 e. The molecular formula is C6H5IN2O2. The molecule has 0 aliphatic rings. The van der Waals surface area contributed by atoms with Crippen LogP contribution >= 0.6 is 22.9 Å². The molecule has 0 saturated heterocycles. The highest BCUT2D eigenvalue weighted by atomic mass is 127. The van der Waals surface area contributed by atoms with Crippen molar-refractivity contribution in [1.82, 2.24) is 0 Å². The Morgan fingerprint density at radius 3 is 2.36 bits per heavy atom. The number of hydrogen-bond donors (Lipinski definition) is 0. The lowest BCUT2D eigenvalue weighted by molar-refractivity contribution is -0.466. The summed E-state index contributed by atoms with van der Waals surface area (Å²) in [5, 5.41) is 9.75. The largest absolute Gasteiger partial charge is 0.234 e. The average molecular weight is 264 g/mol. The van der Waals surface area contributed by atoms with E-state index in [9.17, 15) is 10.1 Å². The third-order valence-corrected chi connectivity index (χ3v) is 2.02. The molecule has 0 saturated carbocycles. The van der Waals surface area contributed by atoms with Crippen molar-refractivity contribution in [2.24, 2.45) is 0 Å². The van der Waals surface area contributed by atoms with Crippen LogP contribution in [0.4, 0.5) is 5.69 Å². The Labute approximate surface area is 77.4 Å². The van der Waals surface area contributed by atoms with Gasteiger partial charge in [-0.3, -0.25) is 0 Å². The number of nitrogens with zero attached hydrogens (tertiary/aromatic N) is 2. The lowest BCUT2D eigenvalue weighted by atomic mass is 10.3. The predicted molar refractivity (Wildman–Crippen MR) is 49.9 cm³/mol. The first-order valence-corrected chi connectivity index (χ1v) is 3.83. The summed E-state index contributed by atoms with van der Waals surface area (Å²) in [6, 6.07) is 8.67. The van der Waals surface area contributed by atoms with Crippen LogP contribution in [0.5, 0.6) is 0 Å². The van der Waals surface area contributed by atoms with Gasteiger partial charge in [-0.25, -0.2) is 10.1 Å². The fourth-order valence-electron chi connectivity index (χ4n) is 0.645. The van der Waals surface area contributed by atoms with Gasteiger partial charge in [0.05, 0.1) is 0 Å². The Kier molecular flexibility index (Phi) is 2.64. The highest BCUT2D eigenvalue weighted by Gasteiger charge is 2.10. The Balaban J connectivity index is 2.85. The lowest BCUT2D eigenvalue weighted by Gasteiger charge is -2.03. The van der Waals surface area contributed by atoms with Gasteiger partial charge in [-0.2, -0.15) is 0 Å². The zero-order chi connectivity index (χ0) is 8.27. The first kappa shape index (κ1) is 8.25. The van der Waals surface area contributed by atoms with E-state index in [4.69, 9.17) is 0 Å². The maximum Gasteiger partial charge on any atom is 0.174 e. The highest BCUT2D eigenvalue weighted by Crippen LogP contribution is 2.16. The molecule has 58 valence electrons. The van der Waals surface area contributed by atoms with E-state index < -0.39 is 5.03 Å². The summed E-state index contributed by atoms with van der Waals surface area (Å²) in [6.45, 7) is 0. The van der Waals surface area contributed by atoms with E-state index in [1.165, 1.54) is 0 Å². The Morgan fingerprint density at radius 2 is 1.91 bits per heavy atom. The van der Waals surface area contributed by atoms with Crippen molar-refractivity contribution in [3.63, 3.8) is 0 Å². The Hall–Kier alpha value is -0.850. The molecule has 1 aromatic carbocycles. The van der Waals surface area contributed by atoms with Crippen molar-refractivity contribution >= 4 is 28.6 Å². The van der Waals surface area contributed by atoms with E-state index >= 15 is 0 Å².